The van der Waals surface area contributed by atoms with Crippen LogP contribution in [0.2, 0.25) is 0 Å². The van der Waals surface area contributed by atoms with Crippen molar-refractivity contribution >= 4 is 21.6 Å². The average molecular weight is 419 g/mol. The number of nitrogens with one attached hydrogen (secondary N) is 2. The van der Waals surface area contributed by atoms with Crippen LogP contribution < -0.4 is 14.8 Å². The number of anilines is 1. The molecule has 0 aromatic heterocycles. The molecule has 8 heteroatoms. The lowest BCUT2D eigenvalue weighted by Crippen LogP contribution is -2.35. The van der Waals surface area contributed by atoms with E-state index in [0.717, 1.165) is 24.8 Å². The van der Waals surface area contributed by atoms with E-state index >= 15 is 0 Å². The van der Waals surface area contributed by atoms with Gasteiger partial charge in [0.25, 0.3) is 10.0 Å². The molecule has 0 aliphatic heterocycles. The Morgan fingerprint density at radius 3 is 2.45 bits per heavy atom. The summed E-state index contributed by atoms with van der Waals surface area (Å²) in [6.07, 6.45) is 2.35. The molecule has 1 aliphatic carbocycles. The summed E-state index contributed by atoms with van der Waals surface area (Å²) in [7, 11) is -0.615. The first kappa shape index (κ1) is 21.1. The van der Waals surface area contributed by atoms with Crippen LogP contribution in [0.4, 0.5) is 5.69 Å². The van der Waals surface area contributed by atoms with Gasteiger partial charge in [0.15, 0.2) is 0 Å². The van der Waals surface area contributed by atoms with Gasteiger partial charge in [-0.2, -0.15) is 0 Å². The molecule has 1 fully saturated rings. The maximum Gasteiger partial charge on any atom is 0.262 e. The van der Waals surface area contributed by atoms with Gasteiger partial charge in [0.2, 0.25) is 5.91 Å². The highest BCUT2D eigenvalue weighted by Crippen LogP contribution is 2.48. The molecule has 1 saturated carbocycles. The van der Waals surface area contributed by atoms with Crippen LogP contribution in [0.5, 0.6) is 5.75 Å². The van der Waals surface area contributed by atoms with E-state index in [1.54, 1.807) is 31.4 Å². The predicted molar refractivity (Wildman–Crippen MR) is 111 cm³/mol. The summed E-state index contributed by atoms with van der Waals surface area (Å²) >= 11 is 0. The fourth-order valence-electron chi connectivity index (χ4n) is 3.20. The lowest BCUT2D eigenvalue weighted by atomic mass is 9.95. The van der Waals surface area contributed by atoms with Crippen LogP contribution in [0.15, 0.2) is 53.4 Å². The second-order valence-corrected chi connectivity index (χ2v) is 8.73. The van der Waals surface area contributed by atoms with Crippen molar-refractivity contribution in [3.8, 4) is 5.75 Å². The van der Waals surface area contributed by atoms with Gasteiger partial charge in [-0.3, -0.25) is 9.52 Å². The van der Waals surface area contributed by atoms with E-state index < -0.39 is 15.4 Å². The van der Waals surface area contributed by atoms with Crippen molar-refractivity contribution in [1.82, 2.24) is 5.32 Å². The van der Waals surface area contributed by atoms with Crippen LogP contribution in [0.25, 0.3) is 0 Å². The highest BCUT2D eigenvalue weighted by atomic mass is 32.2. The van der Waals surface area contributed by atoms with Gasteiger partial charge >= 0.3 is 0 Å². The van der Waals surface area contributed by atoms with Crippen molar-refractivity contribution in [3.63, 3.8) is 0 Å². The molecule has 0 radical (unpaired) electrons. The van der Waals surface area contributed by atoms with Gasteiger partial charge in [-0.25, -0.2) is 8.42 Å². The highest BCUT2D eigenvalue weighted by Gasteiger charge is 2.50. The summed E-state index contributed by atoms with van der Waals surface area (Å²) in [4.78, 5) is 12.7. The third-order valence-corrected chi connectivity index (χ3v) is 6.42. The van der Waals surface area contributed by atoms with E-state index in [4.69, 9.17) is 9.47 Å². The van der Waals surface area contributed by atoms with E-state index in [2.05, 4.69) is 10.0 Å². The van der Waals surface area contributed by atoms with Crippen molar-refractivity contribution in [2.45, 2.75) is 29.6 Å². The molecular formula is C21H26N2O5S. The Labute approximate surface area is 171 Å². The van der Waals surface area contributed by atoms with Crippen LogP contribution in [0, 0.1) is 0 Å². The third-order valence-electron chi connectivity index (χ3n) is 5.04. The molecule has 0 atom stereocenters. The zero-order valence-corrected chi connectivity index (χ0v) is 17.4. The number of benzene rings is 2. The Kier molecular flexibility index (Phi) is 6.44. The smallest absolute Gasteiger partial charge is 0.262 e. The molecule has 2 aromatic carbocycles. The summed E-state index contributed by atoms with van der Waals surface area (Å²) in [6.45, 7) is 1.18. The van der Waals surface area contributed by atoms with Gasteiger partial charge in [0.05, 0.1) is 17.4 Å². The molecule has 0 heterocycles. The van der Waals surface area contributed by atoms with Gasteiger partial charge in [0, 0.05) is 32.0 Å². The van der Waals surface area contributed by atoms with Gasteiger partial charge in [-0.05, 0) is 49.1 Å². The Bertz CT molecular complexity index is 953. The van der Waals surface area contributed by atoms with Gasteiger partial charge in [-0.15, -0.1) is 0 Å². The lowest BCUT2D eigenvalue weighted by Gasteiger charge is -2.16. The Hall–Kier alpha value is -2.58. The van der Waals surface area contributed by atoms with Crippen LogP contribution in [0.1, 0.15) is 24.8 Å². The lowest BCUT2D eigenvalue weighted by molar-refractivity contribution is -0.123. The molecule has 2 aromatic rings. The van der Waals surface area contributed by atoms with E-state index in [-0.39, 0.29) is 10.8 Å². The second kappa shape index (κ2) is 8.84. The number of sulfonamides is 1. The predicted octanol–water partition coefficient (Wildman–Crippen LogP) is 2.68. The minimum atomic E-state index is -3.73. The fraction of sp³-hybridized carbons (Fsp3) is 0.381. The maximum atomic E-state index is 12.6. The summed E-state index contributed by atoms with van der Waals surface area (Å²) in [5.41, 5.74) is 0.830. The fourth-order valence-corrected chi connectivity index (χ4v) is 4.29. The monoisotopic (exact) mass is 418 g/mol. The number of methoxy groups -OCH3 is 2. The van der Waals surface area contributed by atoms with Crippen LogP contribution in [-0.2, 0) is 25.0 Å². The number of rotatable bonds is 10. The molecule has 2 N–H and O–H groups in total. The topological polar surface area (TPSA) is 93.7 Å². The van der Waals surface area contributed by atoms with E-state index in [0.29, 0.717) is 24.6 Å². The van der Waals surface area contributed by atoms with Gasteiger partial charge in [0.1, 0.15) is 5.75 Å². The number of carbonyl (C=O) groups is 1. The standard InChI is InChI=1S/C21H26N2O5S/c1-27-14-4-13-22-20(24)21(11-12-21)16-7-9-17(10-8-16)23-29(25,26)19-6-3-5-18(15-19)28-2/h3,5-10,15,23H,4,11-14H2,1-2H3,(H,22,24). The molecule has 7 nitrogen and oxygen atoms in total. The first-order valence-corrected chi connectivity index (χ1v) is 10.9. The van der Waals surface area contributed by atoms with Gasteiger partial charge in [-0.1, -0.05) is 18.2 Å². The van der Waals surface area contributed by atoms with Crippen molar-refractivity contribution in [1.29, 1.82) is 0 Å². The summed E-state index contributed by atoms with van der Waals surface area (Å²) in [5.74, 6) is 0.480. The molecule has 0 bridgehead atoms. The van der Waals surface area contributed by atoms with Crippen molar-refractivity contribution < 1.29 is 22.7 Å². The van der Waals surface area contributed by atoms with E-state index in [1.807, 2.05) is 12.1 Å². The summed E-state index contributed by atoms with van der Waals surface area (Å²) in [5, 5.41) is 2.96. The molecule has 29 heavy (non-hydrogen) atoms. The Morgan fingerprint density at radius 2 is 1.83 bits per heavy atom. The highest BCUT2D eigenvalue weighted by molar-refractivity contribution is 7.92. The quantitative estimate of drug-likeness (QED) is 0.579. The van der Waals surface area contributed by atoms with E-state index in [9.17, 15) is 13.2 Å². The molecule has 3 rings (SSSR count). The molecule has 1 aliphatic rings. The molecule has 156 valence electrons. The number of carbonyl (C=O) groups excluding carboxylic acids is 1. The largest absolute Gasteiger partial charge is 0.497 e. The first-order valence-electron chi connectivity index (χ1n) is 9.46. The van der Waals surface area contributed by atoms with Crippen molar-refractivity contribution in [2.24, 2.45) is 0 Å². The van der Waals surface area contributed by atoms with Crippen molar-refractivity contribution in [2.75, 3.05) is 32.1 Å². The van der Waals surface area contributed by atoms with Crippen molar-refractivity contribution in [3.05, 3.63) is 54.1 Å². The number of ether oxygens (including phenoxy) is 2. The zero-order valence-electron chi connectivity index (χ0n) is 16.6. The summed E-state index contributed by atoms with van der Waals surface area (Å²) in [6, 6.07) is 13.3. The molecule has 0 unspecified atom stereocenters. The van der Waals surface area contributed by atoms with Crippen LogP contribution >= 0.6 is 0 Å². The summed E-state index contributed by atoms with van der Waals surface area (Å²) < 4.78 is 37.9. The first-order chi connectivity index (χ1) is 13.9. The van der Waals surface area contributed by atoms with Gasteiger partial charge < -0.3 is 14.8 Å². The van der Waals surface area contributed by atoms with E-state index in [1.165, 1.54) is 19.2 Å². The normalized spacial score (nSPS) is 14.8. The maximum absolute atomic E-state index is 12.6. The van der Waals surface area contributed by atoms with Crippen LogP contribution in [0.3, 0.4) is 0 Å². The third kappa shape index (κ3) is 4.89. The molecular weight excluding hydrogens is 392 g/mol. The molecule has 1 amide bonds. The second-order valence-electron chi connectivity index (χ2n) is 7.05. The Morgan fingerprint density at radius 1 is 1.10 bits per heavy atom. The number of amides is 1. The average Bonchev–Trinajstić information content (AvgIpc) is 3.53. The SMILES string of the molecule is COCCCNC(=O)C1(c2ccc(NS(=O)(=O)c3cccc(OC)c3)cc2)CC1. The Balaban J connectivity index is 1.68. The minimum Gasteiger partial charge on any atom is -0.497 e. The molecule has 0 saturated heterocycles. The van der Waals surface area contributed by atoms with Crippen LogP contribution in [-0.4, -0.2) is 41.7 Å². The zero-order chi connectivity index (χ0) is 20.9. The minimum absolute atomic E-state index is 0.0123. The number of hydrogen-bond acceptors (Lipinski definition) is 5. The number of hydrogen-bond donors (Lipinski definition) is 2. The molecule has 0 spiro atoms.